The van der Waals surface area contributed by atoms with E-state index in [4.69, 9.17) is 55.1 Å². The summed E-state index contributed by atoms with van der Waals surface area (Å²) < 4.78 is 110. The molecule has 5 aromatic carbocycles. The van der Waals surface area contributed by atoms with Gasteiger partial charge in [0.05, 0.1) is 46.9 Å². The third-order valence-corrected chi connectivity index (χ3v) is 26.6. The van der Waals surface area contributed by atoms with E-state index in [9.17, 15) is 114 Å². The van der Waals surface area contributed by atoms with Crippen LogP contribution in [0.1, 0.15) is 81.9 Å². The summed E-state index contributed by atoms with van der Waals surface area (Å²) >= 11 is 29.3. The summed E-state index contributed by atoms with van der Waals surface area (Å²) in [6.07, 6.45) is 6.59. The third kappa shape index (κ3) is 36.8. The van der Waals surface area contributed by atoms with E-state index in [2.05, 4.69) is 143 Å². The number of anilines is 2. The summed E-state index contributed by atoms with van der Waals surface area (Å²) in [4.78, 5) is 178. The largest absolute Gasteiger partial charge is 1.00 e. The fourth-order valence-electron chi connectivity index (χ4n) is 9.57. The Labute approximate surface area is 909 Å². The van der Waals surface area contributed by atoms with Crippen molar-refractivity contribution < 1.29 is 183 Å². The number of aliphatic carboxylic acids is 1. The van der Waals surface area contributed by atoms with Crippen molar-refractivity contribution in [3.63, 3.8) is 0 Å². The SMILES string of the molecule is CC(C)(C)OC(=O)CBr.CN1C(=O)S/C(=C\c2cc(OCC(=O)Cl)c(O)c(F)c2Br)C1=O.CN1C(=O)S/C(=C\c2cc(OCC(=O)Nc3nncs3)c(O)c(F)c2Br)C1=O.CN1C(=O)S/C(=C\c2cc(OCC(=O)O)c(O)c(F)c2Br)C1=O.Cc1c(O)cc(/C=C2\SC(=O)N(C)C2=O)c(Br)c1F.Cc1c(OCC(=O)OC(C)(C)C)cc(/C=C2\SC(=O)N(C)C2=O)c(Br)c1F.Nc1nncs1.O=S(Cl)Cl.[H-].[Na+]. The molecule has 0 aliphatic carbocycles. The van der Waals surface area contributed by atoms with Gasteiger partial charge in [0.25, 0.3) is 66.9 Å². The predicted octanol–water partition coefficient (Wildman–Crippen LogP) is 15.9. The van der Waals surface area contributed by atoms with Crippen LogP contribution in [-0.2, 0) is 66.6 Å². The first-order valence-electron chi connectivity index (χ1n) is 37.1. The molecule has 12 rings (SSSR count). The number of benzene rings is 5. The third-order valence-electron chi connectivity index (χ3n) is 16.1. The van der Waals surface area contributed by atoms with Crippen molar-refractivity contribution in [1.82, 2.24) is 44.9 Å². The van der Waals surface area contributed by atoms with E-state index < -0.39 is 160 Å². The number of nitrogens with two attached hydrogens (primary N) is 1. The number of phenolic OH excluding ortho intramolecular Hbond substituents is 4. The van der Waals surface area contributed by atoms with Gasteiger partial charge in [-0.2, -0.15) is 0 Å². The summed E-state index contributed by atoms with van der Waals surface area (Å²) in [5, 5.41) is 62.0. The van der Waals surface area contributed by atoms with Crippen molar-refractivity contribution in [2.45, 2.75) is 66.6 Å². The van der Waals surface area contributed by atoms with Gasteiger partial charge in [0.15, 0.2) is 78.4 Å². The van der Waals surface area contributed by atoms with Crippen LogP contribution in [0, 0.1) is 42.9 Å². The van der Waals surface area contributed by atoms with Crippen molar-refractivity contribution in [2.24, 2.45) is 0 Å². The second-order valence-electron chi connectivity index (χ2n) is 28.4. The zero-order valence-electron chi connectivity index (χ0n) is 74.8. The Morgan fingerprint density at radius 1 is 0.471 bits per heavy atom. The maximum absolute atomic E-state index is 14.5. The first kappa shape index (κ1) is 124. The molecular weight excluding hydrogens is 2500 g/mol. The molecule has 8 N–H and O–H groups in total. The van der Waals surface area contributed by atoms with Crippen LogP contribution < -0.4 is 59.6 Å². The number of esters is 2. The summed E-state index contributed by atoms with van der Waals surface area (Å²) in [6.45, 7) is 11.4. The molecule has 61 heteroatoms. The molecule has 5 saturated heterocycles. The molecule has 140 heavy (non-hydrogen) atoms. The average Bonchev–Trinajstić information content (AvgIpc) is 1.71. The molecule has 7 heterocycles. The standard InChI is InChI=1S/C18H19BrFNO5S.C15H10BrFN4O5S2.C13H8BrClFNO5S.C13H9BrFNO6S.C12H9BrFNO3S.C6H11BrO2.C2H3N3S.Cl2OS.Na.H/c1-9-11(25-8-13(22)26-18(2,3)4)6-10(14(19)15(9)20)7-12-16(23)21(5)17(24)27-12;1-21-13(24)8(28-15(21)25)3-6-2-7(12(23)11(17)10(6)16)26-4-9(22)19-14-20-18-5-27-14;1-17-12(20)7(23-13(17)21)3-5-2-6(22-4-8(15)18)11(19)10(16)9(5)14;1-16-12(20)7(23-13(16)21)3-5-2-6(22-4-8(17)18)11(19)10(15)9(5)14;1-5-7(16)3-6(9(13)10(5)14)4-8-11(17)15(2)12(18)19-8;1-6(2,3)9-5(8)4-7;3-2-5-4-1-6-2;1-4(2)3;;/h6-7H,8H2,1-5H3;2-3,5,23H,4H2,1H3,(H,19,20,22);2-3,19H,4H2,1H3;2-3,19H,4H2,1H3,(H,17,18);3-4,16H,1-2H3;4H2,1-3H3;1H,(H2,3,5);;;/q;;;;;;;;+1;-1/b12-7-;8-3-;2*7-3-;8-4-;;;;;. The maximum atomic E-state index is 14.5. The molecule has 5 aliphatic heterocycles. The van der Waals surface area contributed by atoms with Crippen molar-refractivity contribution >= 4 is 345 Å². The smallest absolute Gasteiger partial charge is 1.00 e. The fraction of sp³-hybridized carbons (Fsp3) is 0.253. The summed E-state index contributed by atoms with van der Waals surface area (Å²) in [5.74, 6) is -13.1. The van der Waals surface area contributed by atoms with Crippen LogP contribution in [0.15, 0.2) is 88.2 Å². The van der Waals surface area contributed by atoms with Gasteiger partial charge < -0.3 is 61.1 Å². The Hall–Kier alpha value is -8.33. The van der Waals surface area contributed by atoms with Crippen LogP contribution in [0.4, 0.5) is 56.2 Å². The van der Waals surface area contributed by atoms with Crippen molar-refractivity contribution in [1.29, 1.82) is 0 Å². The zero-order valence-corrected chi connectivity index (χ0v) is 94.2. The number of thioether (sulfide) groups is 5. The fourth-order valence-corrected chi connectivity index (χ4v) is 16.9. The number of hydrogen-bond donors (Lipinski definition) is 7. The van der Waals surface area contributed by atoms with E-state index in [0.29, 0.717) is 51.5 Å². The predicted molar refractivity (Wildman–Crippen MR) is 535 cm³/mol. The van der Waals surface area contributed by atoms with Crippen LogP contribution in [-0.4, -0.2) is 238 Å². The van der Waals surface area contributed by atoms with Crippen LogP contribution in [0.2, 0.25) is 0 Å². The zero-order chi connectivity index (χ0) is 105. The number of ether oxygens (including phenoxy) is 6. The molecule has 5 aliphatic rings. The second kappa shape index (κ2) is 56.2. The minimum absolute atomic E-state index is 0. The number of imide groups is 5. The van der Waals surface area contributed by atoms with Gasteiger partial charge in [-0.25, -0.2) is 35.8 Å². The molecule has 5 fully saturated rings. The molecule has 0 saturated carbocycles. The number of carboxylic acid groups (broad SMARTS) is 1. The summed E-state index contributed by atoms with van der Waals surface area (Å²) in [6, 6.07) is 6.45. The maximum Gasteiger partial charge on any atom is 1.00 e. The number of nitrogens with one attached hydrogen (secondary N) is 1. The summed E-state index contributed by atoms with van der Waals surface area (Å²) in [7, 11) is 14.1. The minimum atomic E-state index is -1.67. The number of aromatic nitrogens is 4. The Morgan fingerprint density at radius 3 is 1.02 bits per heavy atom. The Morgan fingerprint density at radius 2 is 0.757 bits per heavy atom. The number of alkyl halides is 1. The van der Waals surface area contributed by atoms with E-state index in [1.54, 1.807) is 26.3 Å². The van der Waals surface area contributed by atoms with Gasteiger partial charge in [0, 0.05) is 67.7 Å². The number of hydrogen-bond acceptors (Lipinski definition) is 38. The molecule has 0 unspecified atom stereocenters. The Bertz CT molecular complexity index is 6120. The van der Waals surface area contributed by atoms with Gasteiger partial charge in [-0.15, -0.1) is 20.4 Å². The van der Waals surface area contributed by atoms with Crippen LogP contribution in [0.5, 0.6) is 46.0 Å². The number of amides is 11. The number of carbonyl (C=O) groups excluding carboxylic acids is 14. The van der Waals surface area contributed by atoms with E-state index >= 15 is 0 Å². The molecule has 0 spiro atoms. The number of nitrogen functional groups attached to an aromatic ring is 1. The number of carboxylic acids is 1. The first-order valence-corrected chi connectivity index (χ1v) is 51.2. The monoisotopic (exact) mass is 2560 g/mol. The second-order valence-corrected chi connectivity index (χ2v) is 42.6. The minimum Gasteiger partial charge on any atom is -1.00 e. The number of nitrogens with zero attached hydrogens (tertiary/aromatic N) is 9. The topological polar surface area (TPSA) is 535 Å². The Balaban J connectivity index is 0.000000432. The number of rotatable bonds is 19. The van der Waals surface area contributed by atoms with Gasteiger partial charge in [-0.1, -0.05) is 38.6 Å². The first-order chi connectivity index (χ1) is 64.5. The molecule has 11 amide bonds. The quantitative estimate of drug-likeness (QED) is 0.00987. The molecule has 38 nitrogen and oxygen atoms in total. The molecule has 0 radical (unpaired) electrons. The number of halogens is 14. The number of aromatic hydroxyl groups is 4. The molecular formula is C79H70Br6Cl3F5N11NaO27S8. The molecule has 750 valence electrons. The normalized spacial score (nSPS) is 15.3. The number of phenols is 4. The molecule has 0 atom stereocenters. The molecule has 2 aromatic heterocycles. The van der Waals surface area contributed by atoms with Gasteiger partial charge >= 0.3 is 47.5 Å². The number of carbonyl (C=O) groups is 15. The van der Waals surface area contributed by atoms with Gasteiger partial charge in [0.2, 0.25) is 19.5 Å². The van der Waals surface area contributed by atoms with Crippen LogP contribution in [0.25, 0.3) is 30.4 Å². The van der Waals surface area contributed by atoms with Crippen LogP contribution in [0.3, 0.4) is 0 Å². The van der Waals surface area contributed by atoms with E-state index in [-0.39, 0.29) is 163 Å². The van der Waals surface area contributed by atoms with Gasteiger partial charge in [-0.05, 0) is 294 Å². The van der Waals surface area contributed by atoms with Crippen molar-refractivity contribution in [3.8, 4) is 46.0 Å². The van der Waals surface area contributed by atoms with E-state index in [1.165, 1.54) is 121 Å². The van der Waals surface area contributed by atoms with Crippen molar-refractivity contribution in [2.75, 3.05) is 78.0 Å². The summed E-state index contributed by atoms with van der Waals surface area (Å²) in [5.41, 5.74) is 8.47. The van der Waals surface area contributed by atoms with Gasteiger partial charge in [-0.3, -0.25) is 92.1 Å². The van der Waals surface area contributed by atoms with Crippen molar-refractivity contribution in [3.05, 3.63) is 156 Å². The van der Waals surface area contributed by atoms with E-state index in [1.807, 2.05) is 20.8 Å². The van der Waals surface area contributed by atoms with Crippen LogP contribution >= 0.6 is 210 Å². The molecule has 7 aromatic rings. The van der Waals surface area contributed by atoms with Gasteiger partial charge in [0.1, 0.15) is 50.7 Å². The van der Waals surface area contributed by atoms with E-state index in [0.717, 1.165) is 65.4 Å². The Kier molecular flexibility index (Phi) is 49.8. The average molecular weight is 2570 g/mol. The molecule has 0 bridgehead atoms. The number of likely N-dealkylation sites (N-methyl/N-ethyl adjacent to an activating group) is 5.